The van der Waals surface area contributed by atoms with Gasteiger partial charge in [0.1, 0.15) is 5.52 Å². The number of rotatable bonds is 6. The summed E-state index contributed by atoms with van der Waals surface area (Å²) in [6, 6.07) is 6.06. The van der Waals surface area contributed by atoms with E-state index in [1.807, 2.05) is 23.1 Å². The Labute approximate surface area is 185 Å². The first kappa shape index (κ1) is 19.5. The number of fused-ring (bicyclic) bond motifs is 2. The molecule has 3 aromatic rings. The second-order valence-corrected chi connectivity index (χ2v) is 9.14. The lowest BCUT2D eigenvalue weighted by molar-refractivity contribution is -0.118. The minimum absolute atomic E-state index is 0.227. The Morgan fingerprint density at radius 3 is 3.00 bits per heavy atom. The molecule has 0 radical (unpaired) electrons. The van der Waals surface area contributed by atoms with Crippen molar-refractivity contribution in [2.75, 3.05) is 19.1 Å². The average molecular weight is 490 g/mol. The Morgan fingerprint density at radius 2 is 2.17 bits per heavy atom. The van der Waals surface area contributed by atoms with Crippen molar-refractivity contribution in [3.05, 3.63) is 28.9 Å². The van der Waals surface area contributed by atoms with Crippen LogP contribution in [0.5, 0.6) is 11.5 Å². The maximum Gasteiger partial charge on any atom is 0.231 e. The van der Waals surface area contributed by atoms with Crippen LogP contribution in [0.1, 0.15) is 19.3 Å². The highest BCUT2D eigenvalue weighted by molar-refractivity contribution is 9.10. The van der Waals surface area contributed by atoms with Crippen molar-refractivity contribution in [1.29, 1.82) is 0 Å². The number of benzene rings is 1. The molecule has 4 heterocycles. The van der Waals surface area contributed by atoms with Gasteiger partial charge in [0, 0.05) is 34.7 Å². The van der Waals surface area contributed by atoms with Gasteiger partial charge in [0.05, 0.1) is 5.52 Å². The number of carbonyl (C=O) groups excluding carboxylic acids is 1. The van der Waals surface area contributed by atoms with E-state index in [0.717, 1.165) is 70.3 Å². The number of nitrogens with zero attached hydrogens (tertiary/aromatic N) is 4. The quantitative estimate of drug-likeness (QED) is 0.527. The summed E-state index contributed by atoms with van der Waals surface area (Å²) in [5, 5.41) is 0.819. The predicted octanol–water partition coefficient (Wildman–Crippen LogP) is 3.67. The molecule has 156 valence electrons. The zero-order chi connectivity index (χ0) is 20.7. The van der Waals surface area contributed by atoms with E-state index < -0.39 is 0 Å². The summed E-state index contributed by atoms with van der Waals surface area (Å²) in [5.41, 5.74) is 7.73. The third-order valence-electron chi connectivity index (χ3n) is 5.53. The van der Waals surface area contributed by atoms with Crippen LogP contribution in [-0.2, 0) is 11.3 Å². The Kier molecular flexibility index (Phi) is 5.20. The van der Waals surface area contributed by atoms with Gasteiger partial charge in [-0.3, -0.25) is 4.79 Å². The maximum atomic E-state index is 11.3. The molecule has 10 heteroatoms. The molecule has 1 aromatic carbocycles. The number of pyridine rings is 1. The number of anilines is 1. The van der Waals surface area contributed by atoms with Gasteiger partial charge in [-0.05, 0) is 53.4 Å². The van der Waals surface area contributed by atoms with Crippen LogP contribution in [0.25, 0.3) is 11.0 Å². The summed E-state index contributed by atoms with van der Waals surface area (Å²) in [6.45, 7) is 1.80. The molecule has 1 unspecified atom stereocenters. The molecule has 0 saturated carbocycles. The van der Waals surface area contributed by atoms with Crippen molar-refractivity contribution in [3.8, 4) is 11.5 Å². The Bertz CT molecular complexity index is 1120. The molecule has 0 spiro atoms. The van der Waals surface area contributed by atoms with Gasteiger partial charge < -0.3 is 24.7 Å². The SMILES string of the molecule is Nc1nccc2c1nc(Sc1cc3c(cc1Br)OCO3)n2CCC1CCCN1C=O. The van der Waals surface area contributed by atoms with Gasteiger partial charge >= 0.3 is 0 Å². The number of imidazole rings is 1. The number of hydrogen-bond acceptors (Lipinski definition) is 7. The number of amides is 1. The van der Waals surface area contributed by atoms with Crippen LogP contribution >= 0.6 is 27.7 Å². The van der Waals surface area contributed by atoms with E-state index >= 15 is 0 Å². The minimum Gasteiger partial charge on any atom is -0.454 e. The second-order valence-electron chi connectivity index (χ2n) is 7.28. The van der Waals surface area contributed by atoms with Gasteiger partial charge in [0.25, 0.3) is 0 Å². The van der Waals surface area contributed by atoms with Crippen molar-refractivity contribution < 1.29 is 14.3 Å². The maximum absolute atomic E-state index is 11.3. The number of likely N-dealkylation sites (tertiary alicyclic amines) is 1. The lowest BCUT2D eigenvalue weighted by Gasteiger charge is -2.20. The fraction of sp³-hybridized carbons (Fsp3) is 0.350. The van der Waals surface area contributed by atoms with Crippen LogP contribution in [0.2, 0.25) is 0 Å². The van der Waals surface area contributed by atoms with Crippen LogP contribution in [0.4, 0.5) is 5.82 Å². The first-order valence-electron chi connectivity index (χ1n) is 9.73. The molecule has 1 fully saturated rings. The molecule has 2 aliphatic rings. The molecule has 0 bridgehead atoms. The molecular weight excluding hydrogens is 470 g/mol. The standard InChI is InChI=1S/C20H20BrN5O3S/c21-13-8-15-16(29-11-28-15)9-17(13)30-20-24-18-14(3-5-23-19(18)22)26(20)7-4-12-2-1-6-25(12)10-27/h3,5,8-10,12H,1-2,4,6-7,11H2,(H2,22,23). The van der Waals surface area contributed by atoms with Gasteiger partial charge in [0.2, 0.25) is 13.2 Å². The molecule has 1 saturated heterocycles. The molecule has 1 amide bonds. The minimum atomic E-state index is 0.227. The Hall–Kier alpha value is -2.46. The van der Waals surface area contributed by atoms with E-state index in [9.17, 15) is 4.79 Å². The van der Waals surface area contributed by atoms with E-state index in [2.05, 4.69) is 25.5 Å². The molecule has 30 heavy (non-hydrogen) atoms. The smallest absolute Gasteiger partial charge is 0.231 e. The number of ether oxygens (including phenoxy) is 2. The van der Waals surface area contributed by atoms with Gasteiger partial charge in [0.15, 0.2) is 22.5 Å². The van der Waals surface area contributed by atoms with E-state index in [1.165, 1.54) is 11.8 Å². The highest BCUT2D eigenvalue weighted by Gasteiger charge is 2.24. The first-order chi connectivity index (χ1) is 14.6. The van der Waals surface area contributed by atoms with Crippen molar-refractivity contribution in [3.63, 3.8) is 0 Å². The third kappa shape index (κ3) is 3.47. The molecule has 2 aliphatic heterocycles. The lowest BCUT2D eigenvalue weighted by atomic mass is 10.1. The number of nitrogen functional groups attached to an aromatic ring is 1. The molecule has 1 atom stereocenters. The topological polar surface area (TPSA) is 95.5 Å². The Morgan fingerprint density at radius 1 is 1.33 bits per heavy atom. The van der Waals surface area contributed by atoms with Gasteiger partial charge in [-0.2, -0.15) is 0 Å². The summed E-state index contributed by atoms with van der Waals surface area (Å²) in [7, 11) is 0. The summed E-state index contributed by atoms with van der Waals surface area (Å²) in [4.78, 5) is 23.2. The number of aromatic nitrogens is 3. The first-order valence-corrected chi connectivity index (χ1v) is 11.3. The largest absolute Gasteiger partial charge is 0.454 e. The molecular formula is C20H20BrN5O3S. The zero-order valence-corrected chi connectivity index (χ0v) is 18.5. The fourth-order valence-corrected chi connectivity index (χ4v) is 5.53. The Balaban J connectivity index is 1.49. The van der Waals surface area contributed by atoms with Crippen LogP contribution in [0, 0.1) is 0 Å². The highest BCUT2D eigenvalue weighted by atomic mass is 79.9. The van der Waals surface area contributed by atoms with Gasteiger partial charge in [-0.1, -0.05) is 11.8 Å². The van der Waals surface area contributed by atoms with Crippen molar-refractivity contribution >= 4 is 51.0 Å². The van der Waals surface area contributed by atoms with Gasteiger partial charge in [-0.15, -0.1) is 0 Å². The summed E-state index contributed by atoms with van der Waals surface area (Å²) in [6.07, 6.45) is 5.61. The predicted molar refractivity (Wildman–Crippen MR) is 117 cm³/mol. The second kappa shape index (κ2) is 7.99. The monoisotopic (exact) mass is 489 g/mol. The third-order valence-corrected chi connectivity index (χ3v) is 7.50. The van der Waals surface area contributed by atoms with Crippen LogP contribution in [0.3, 0.4) is 0 Å². The normalized spacial score (nSPS) is 17.8. The summed E-state index contributed by atoms with van der Waals surface area (Å²) in [5.74, 6) is 1.86. The molecule has 2 aromatic heterocycles. The van der Waals surface area contributed by atoms with E-state index in [4.69, 9.17) is 20.2 Å². The number of hydrogen-bond donors (Lipinski definition) is 1. The molecule has 0 aliphatic carbocycles. The van der Waals surface area contributed by atoms with E-state index in [1.54, 1.807) is 6.20 Å². The van der Waals surface area contributed by atoms with Crippen LogP contribution in [-0.4, -0.2) is 45.2 Å². The summed E-state index contributed by atoms with van der Waals surface area (Å²) < 4.78 is 14.0. The van der Waals surface area contributed by atoms with Crippen LogP contribution < -0.4 is 15.2 Å². The zero-order valence-electron chi connectivity index (χ0n) is 16.1. The molecule has 2 N–H and O–H groups in total. The molecule has 8 nitrogen and oxygen atoms in total. The lowest BCUT2D eigenvalue weighted by Crippen LogP contribution is -2.28. The number of carbonyl (C=O) groups is 1. The van der Waals surface area contributed by atoms with Gasteiger partial charge in [-0.25, -0.2) is 9.97 Å². The summed E-state index contributed by atoms with van der Waals surface area (Å²) >= 11 is 5.16. The van der Waals surface area contributed by atoms with Crippen molar-refractivity contribution in [1.82, 2.24) is 19.4 Å². The number of halogens is 1. The van der Waals surface area contributed by atoms with E-state index in [0.29, 0.717) is 11.3 Å². The highest BCUT2D eigenvalue weighted by Crippen LogP contribution is 2.43. The number of nitrogens with two attached hydrogens (primary N) is 1. The van der Waals surface area contributed by atoms with Crippen molar-refractivity contribution in [2.24, 2.45) is 0 Å². The fourth-order valence-electron chi connectivity index (χ4n) is 4.00. The number of aryl methyl sites for hydroxylation is 1. The van der Waals surface area contributed by atoms with Crippen LogP contribution in [0.15, 0.2) is 38.9 Å². The average Bonchev–Trinajstić information content (AvgIpc) is 3.45. The van der Waals surface area contributed by atoms with Crippen molar-refractivity contribution in [2.45, 2.75) is 41.9 Å². The molecule has 5 rings (SSSR count). The van der Waals surface area contributed by atoms with E-state index in [-0.39, 0.29) is 12.8 Å².